The molecule has 6 heteroatoms. The van der Waals surface area contributed by atoms with Crippen molar-refractivity contribution in [2.45, 2.75) is 26.9 Å². The van der Waals surface area contributed by atoms with Crippen LogP contribution < -0.4 is 5.32 Å². The Labute approximate surface area is 108 Å². The summed E-state index contributed by atoms with van der Waals surface area (Å²) in [4.78, 5) is 5.97. The van der Waals surface area contributed by atoms with Gasteiger partial charge in [0.05, 0.1) is 23.8 Å². The predicted molar refractivity (Wildman–Crippen MR) is 69.7 cm³/mol. The van der Waals surface area contributed by atoms with Crippen molar-refractivity contribution in [2.75, 3.05) is 5.32 Å². The molecule has 0 aromatic carbocycles. The molecule has 0 radical (unpaired) electrons. The molecule has 90 valence electrons. The van der Waals surface area contributed by atoms with E-state index in [0.29, 0.717) is 6.54 Å². The van der Waals surface area contributed by atoms with Gasteiger partial charge in [0, 0.05) is 6.20 Å². The number of nitrogens with zero attached hydrogens (tertiary/aromatic N) is 4. The molecule has 0 spiro atoms. The maximum Gasteiger partial charge on any atom is 0.140 e. The number of anilines is 1. The van der Waals surface area contributed by atoms with Crippen molar-refractivity contribution < 1.29 is 0 Å². The summed E-state index contributed by atoms with van der Waals surface area (Å²) in [6, 6.07) is 2.03. The third kappa shape index (κ3) is 3.03. The van der Waals surface area contributed by atoms with E-state index in [9.17, 15) is 0 Å². The average Bonchev–Trinajstić information content (AvgIpc) is 2.76. The van der Waals surface area contributed by atoms with Crippen molar-refractivity contribution >= 4 is 21.7 Å². The largest absolute Gasteiger partial charge is 0.363 e. The Morgan fingerprint density at radius 2 is 2.24 bits per heavy atom. The van der Waals surface area contributed by atoms with Gasteiger partial charge < -0.3 is 5.32 Å². The van der Waals surface area contributed by atoms with Crippen LogP contribution in [0, 0.1) is 6.92 Å². The number of hydrogen-bond acceptors (Lipinski definition) is 4. The second-order valence-corrected chi connectivity index (χ2v) is 4.58. The van der Waals surface area contributed by atoms with Crippen molar-refractivity contribution in [1.29, 1.82) is 0 Å². The standard InChI is InChI=1S/C11H14BrN5/c1-3-17-15-7-9(16-17)6-14-11-10(12)4-8(2)5-13-11/h4-5,7H,3,6H2,1-2H3,(H,13,14). The van der Waals surface area contributed by atoms with Crippen LogP contribution in [0.25, 0.3) is 0 Å². The van der Waals surface area contributed by atoms with Gasteiger partial charge in [-0.05, 0) is 41.4 Å². The molecule has 0 unspecified atom stereocenters. The minimum Gasteiger partial charge on any atom is -0.363 e. The fourth-order valence-electron chi connectivity index (χ4n) is 1.40. The fourth-order valence-corrected chi connectivity index (χ4v) is 2.01. The number of rotatable bonds is 4. The van der Waals surface area contributed by atoms with E-state index >= 15 is 0 Å². The van der Waals surface area contributed by atoms with E-state index in [-0.39, 0.29) is 0 Å². The fraction of sp³-hybridized carbons (Fsp3) is 0.364. The normalized spacial score (nSPS) is 10.5. The van der Waals surface area contributed by atoms with Crippen LogP contribution in [-0.2, 0) is 13.1 Å². The van der Waals surface area contributed by atoms with Gasteiger partial charge in [0.25, 0.3) is 0 Å². The minimum atomic E-state index is 0.620. The number of aryl methyl sites for hydroxylation is 2. The Balaban J connectivity index is 2.02. The molecule has 2 aromatic rings. The van der Waals surface area contributed by atoms with E-state index in [2.05, 4.69) is 36.4 Å². The summed E-state index contributed by atoms with van der Waals surface area (Å²) in [5.41, 5.74) is 2.03. The number of halogens is 1. The molecule has 17 heavy (non-hydrogen) atoms. The highest BCUT2D eigenvalue weighted by molar-refractivity contribution is 9.10. The highest BCUT2D eigenvalue weighted by Gasteiger charge is 2.03. The third-order valence-corrected chi connectivity index (χ3v) is 2.89. The molecule has 0 aliphatic carbocycles. The second-order valence-electron chi connectivity index (χ2n) is 3.72. The monoisotopic (exact) mass is 295 g/mol. The highest BCUT2D eigenvalue weighted by Crippen LogP contribution is 2.20. The lowest BCUT2D eigenvalue weighted by Gasteiger charge is -2.06. The lowest BCUT2D eigenvalue weighted by molar-refractivity contribution is 0.564. The molecule has 0 bridgehead atoms. The Bertz CT molecular complexity index is 508. The van der Waals surface area contributed by atoms with Crippen LogP contribution in [0.4, 0.5) is 5.82 Å². The van der Waals surface area contributed by atoms with E-state index in [1.165, 1.54) is 0 Å². The molecular weight excluding hydrogens is 282 g/mol. The summed E-state index contributed by atoms with van der Waals surface area (Å²) in [6.45, 7) is 5.42. The van der Waals surface area contributed by atoms with Crippen LogP contribution in [0.1, 0.15) is 18.2 Å². The van der Waals surface area contributed by atoms with Crippen LogP contribution in [0.5, 0.6) is 0 Å². The van der Waals surface area contributed by atoms with Gasteiger partial charge in [-0.2, -0.15) is 15.0 Å². The Morgan fingerprint density at radius 1 is 1.41 bits per heavy atom. The van der Waals surface area contributed by atoms with Crippen LogP contribution in [-0.4, -0.2) is 20.0 Å². The van der Waals surface area contributed by atoms with Crippen molar-refractivity contribution in [1.82, 2.24) is 20.0 Å². The maximum absolute atomic E-state index is 4.31. The highest BCUT2D eigenvalue weighted by atomic mass is 79.9. The number of aromatic nitrogens is 4. The molecule has 5 nitrogen and oxygen atoms in total. The second kappa shape index (κ2) is 5.27. The SMILES string of the molecule is CCn1ncc(CNc2ncc(C)cc2Br)n1. The summed E-state index contributed by atoms with van der Waals surface area (Å²) in [6.07, 6.45) is 3.59. The molecule has 2 aromatic heterocycles. The molecule has 0 fully saturated rings. The number of nitrogens with one attached hydrogen (secondary N) is 1. The van der Waals surface area contributed by atoms with E-state index < -0.39 is 0 Å². The zero-order valence-electron chi connectivity index (χ0n) is 9.81. The minimum absolute atomic E-state index is 0.620. The topological polar surface area (TPSA) is 55.6 Å². The summed E-state index contributed by atoms with van der Waals surface area (Å²) in [5, 5.41) is 11.6. The Hall–Kier alpha value is -1.43. The van der Waals surface area contributed by atoms with Crippen molar-refractivity contribution in [2.24, 2.45) is 0 Å². The maximum atomic E-state index is 4.31. The first-order valence-electron chi connectivity index (χ1n) is 5.44. The molecule has 0 saturated carbocycles. The first-order chi connectivity index (χ1) is 8.19. The average molecular weight is 296 g/mol. The Morgan fingerprint density at radius 3 is 2.88 bits per heavy atom. The summed E-state index contributed by atoms with van der Waals surface area (Å²) < 4.78 is 0.959. The third-order valence-electron chi connectivity index (χ3n) is 2.28. The first kappa shape index (κ1) is 12.0. The molecule has 0 aliphatic heterocycles. The molecule has 2 rings (SSSR count). The van der Waals surface area contributed by atoms with Gasteiger partial charge in [-0.1, -0.05) is 0 Å². The van der Waals surface area contributed by atoms with Crippen LogP contribution in [0.15, 0.2) is 22.9 Å². The van der Waals surface area contributed by atoms with E-state index in [0.717, 1.165) is 28.1 Å². The Kier molecular flexibility index (Phi) is 3.73. The van der Waals surface area contributed by atoms with Gasteiger partial charge >= 0.3 is 0 Å². The van der Waals surface area contributed by atoms with Crippen molar-refractivity contribution in [3.05, 3.63) is 34.2 Å². The smallest absolute Gasteiger partial charge is 0.140 e. The van der Waals surface area contributed by atoms with E-state index in [1.54, 1.807) is 11.0 Å². The van der Waals surface area contributed by atoms with Gasteiger partial charge in [0.2, 0.25) is 0 Å². The van der Waals surface area contributed by atoms with Crippen molar-refractivity contribution in [3.63, 3.8) is 0 Å². The lowest BCUT2D eigenvalue weighted by atomic mass is 10.3. The zero-order valence-corrected chi connectivity index (χ0v) is 11.4. The summed E-state index contributed by atoms with van der Waals surface area (Å²) >= 11 is 3.47. The predicted octanol–water partition coefficient (Wildman–Crippen LogP) is 2.38. The molecular formula is C11H14BrN5. The molecule has 0 aliphatic rings. The molecule has 2 heterocycles. The quantitative estimate of drug-likeness (QED) is 0.941. The number of pyridine rings is 1. The number of hydrogen-bond donors (Lipinski definition) is 1. The summed E-state index contributed by atoms with van der Waals surface area (Å²) in [5.74, 6) is 0.821. The molecule has 1 N–H and O–H groups in total. The van der Waals surface area contributed by atoms with E-state index in [4.69, 9.17) is 0 Å². The summed E-state index contributed by atoms with van der Waals surface area (Å²) in [7, 11) is 0. The van der Waals surface area contributed by atoms with Crippen LogP contribution >= 0.6 is 15.9 Å². The van der Waals surface area contributed by atoms with Crippen LogP contribution in [0.2, 0.25) is 0 Å². The molecule has 0 amide bonds. The van der Waals surface area contributed by atoms with Crippen LogP contribution in [0.3, 0.4) is 0 Å². The van der Waals surface area contributed by atoms with Gasteiger partial charge in [-0.25, -0.2) is 4.98 Å². The first-order valence-corrected chi connectivity index (χ1v) is 6.23. The van der Waals surface area contributed by atoms with Gasteiger partial charge in [0.1, 0.15) is 11.5 Å². The van der Waals surface area contributed by atoms with Gasteiger partial charge in [-0.3, -0.25) is 0 Å². The molecule has 0 atom stereocenters. The van der Waals surface area contributed by atoms with Crippen molar-refractivity contribution in [3.8, 4) is 0 Å². The van der Waals surface area contributed by atoms with Gasteiger partial charge in [-0.15, -0.1) is 0 Å². The molecule has 0 saturated heterocycles. The van der Waals surface area contributed by atoms with Gasteiger partial charge in [0.15, 0.2) is 0 Å². The zero-order chi connectivity index (χ0) is 12.3. The van der Waals surface area contributed by atoms with E-state index in [1.807, 2.05) is 26.1 Å². The lowest BCUT2D eigenvalue weighted by Crippen LogP contribution is -2.04.